The van der Waals surface area contributed by atoms with E-state index < -0.39 is 5.54 Å². The van der Waals surface area contributed by atoms with Crippen LogP contribution in [0.5, 0.6) is 0 Å². The van der Waals surface area contributed by atoms with Crippen molar-refractivity contribution in [2.45, 2.75) is 18.9 Å². The molecule has 1 fully saturated rings. The number of hydrogen-bond acceptors (Lipinski definition) is 5. The average molecular weight is 595 g/mol. The maximum absolute atomic E-state index is 11.5. The van der Waals surface area contributed by atoms with Gasteiger partial charge in [-0.2, -0.15) is 5.10 Å². The molecule has 3 heterocycles. The Morgan fingerprint density at radius 2 is 1.62 bits per heavy atom. The van der Waals surface area contributed by atoms with Gasteiger partial charge in [0.05, 0.1) is 17.8 Å². The second-order valence-electron chi connectivity index (χ2n) is 12.0. The van der Waals surface area contributed by atoms with Crippen LogP contribution in [0.1, 0.15) is 23.2 Å². The monoisotopic (exact) mass is 594 g/mol. The highest BCUT2D eigenvalue weighted by Crippen LogP contribution is 2.45. The topological polar surface area (TPSA) is 80.3 Å². The molecule has 226 valence electrons. The molecule has 3 aromatic carbocycles. The van der Waals surface area contributed by atoms with Gasteiger partial charge in [0.2, 0.25) is 5.91 Å². The molecule has 1 atom stereocenters. The zero-order valence-electron chi connectivity index (χ0n) is 25.6. The zero-order chi connectivity index (χ0) is 30.8. The molecule has 0 radical (unpaired) electrons. The van der Waals surface area contributed by atoms with Gasteiger partial charge in [-0.15, -0.1) is 0 Å². The first-order valence-electron chi connectivity index (χ1n) is 15.7. The minimum atomic E-state index is -0.541. The van der Waals surface area contributed by atoms with Crippen LogP contribution in [0, 0.1) is 12.8 Å². The second-order valence-corrected chi connectivity index (χ2v) is 12.0. The number of hydrogen-bond donors (Lipinski definition) is 1. The van der Waals surface area contributed by atoms with Crippen LogP contribution < -0.4 is 10.6 Å². The fourth-order valence-electron chi connectivity index (χ4n) is 7.17. The van der Waals surface area contributed by atoms with E-state index >= 15 is 0 Å². The van der Waals surface area contributed by atoms with Crippen molar-refractivity contribution in [3.63, 3.8) is 0 Å². The lowest BCUT2D eigenvalue weighted by molar-refractivity contribution is -0.119. The number of primary amides is 1. The van der Waals surface area contributed by atoms with Crippen molar-refractivity contribution in [2.75, 3.05) is 37.6 Å². The largest absolute Gasteiger partial charge is 0.369 e. The molecule has 7 rings (SSSR count). The molecular formula is C38H38N6O. The van der Waals surface area contributed by atoms with Crippen molar-refractivity contribution >= 4 is 22.5 Å². The van der Waals surface area contributed by atoms with Crippen molar-refractivity contribution in [3.8, 4) is 11.1 Å². The average Bonchev–Trinajstić information content (AvgIpc) is 3.47. The van der Waals surface area contributed by atoms with Crippen LogP contribution in [0.2, 0.25) is 0 Å². The number of nitrogens with zero attached hydrogens (tertiary/aromatic N) is 5. The Balaban J connectivity index is 1.33. The fourth-order valence-corrected chi connectivity index (χ4v) is 7.17. The van der Waals surface area contributed by atoms with E-state index in [1.807, 2.05) is 6.20 Å². The van der Waals surface area contributed by atoms with Gasteiger partial charge in [-0.25, -0.2) is 0 Å². The van der Waals surface area contributed by atoms with E-state index in [-0.39, 0.29) is 11.8 Å². The van der Waals surface area contributed by atoms with Gasteiger partial charge in [0.25, 0.3) is 0 Å². The maximum Gasteiger partial charge on any atom is 0.231 e. The summed E-state index contributed by atoms with van der Waals surface area (Å²) in [5.74, 6) is -0.113. The van der Waals surface area contributed by atoms with Gasteiger partial charge in [-0.1, -0.05) is 91.0 Å². The summed E-state index contributed by atoms with van der Waals surface area (Å²) in [6.45, 7) is 5.66. The minimum Gasteiger partial charge on any atom is -0.369 e. The number of allylic oxidation sites excluding steroid dienone is 4. The van der Waals surface area contributed by atoms with E-state index in [2.05, 4.69) is 137 Å². The van der Waals surface area contributed by atoms with Crippen LogP contribution in [0.25, 0.3) is 22.0 Å². The summed E-state index contributed by atoms with van der Waals surface area (Å²) in [6.07, 6.45) is 13.9. The van der Waals surface area contributed by atoms with E-state index in [4.69, 9.17) is 15.8 Å². The normalized spacial score (nSPS) is 17.2. The number of carbonyl (C=O) groups excluding carboxylic acids is 1. The number of anilines is 1. The van der Waals surface area contributed by atoms with Crippen LogP contribution in [-0.4, -0.2) is 58.3 Å². The molecular weight excluding hydrogens is 556 g/mol. The Morgan fingerprint density at radius 3 is 2.27 bits per heavy atom. The molecule has 2 N–H and O–H groups in total. The van der Waals surface area contributed by atoms with Gasteiger partial charge >= 0.3 is 0 Å². The summed E-state index contributed by atoms with van der Waals surface area (Å²) in [4.78, 5) is 20.7. The summed E-state index contributed by atoms with van der Waals surface area (Å²) >= 11 is 0. The molecule has 1 unspecified atom stereocenters. The van der Waals surface area contributed by atoms with Crippen LogP contribution in [0.15, 0.2) is 122 Å². The van der Waals surface area contributed by atoms with Crippen molar-refractivity contribution < 1.29 is 4.79 Å². The summed E-state index contributed by atoms with van der Waals surface area (Å²) < 4.78 is 2.21. The molecule has 5 aromatic rings. The first kappa shape index (κ1) is 28.7. The Kier molecular flexibility index (Phi) is 7.78. The third-order valence-electron chi connectivity index (χ3n) is 9.33. The summed E-state index contributed by atoms with van der Waals surface area (Å²) in [7, 11) is 0. The quantitative estimate of drug-likeness (QED) is 0.241. The zero-order valence-corrected chi connectivity index (χ0v) is 25.6. The Hall–Kier alpha value is -5.01. The van der Waals surface area contributed by atoms with Crippen LogP contribution in [-0.2, 0) is 10.3 Å². The lowest BCUT2D eigenvalue weighted by atomic mass is 9.70. The van der Waals surface area contributed by atoms with Crippen molar-refractivity contribution in [1.29, 1.82) is 0 Å². The molecule has 2 aliphatic rings. The molecule has 1 aliphatic heterocycles. The number of carbonyl (C=O) groups is 1. The third kappa shape index (κ3) is 5.34. The van der Waals surface area contributed by atoms with E-state index in [0.717, 1.165) is 66.0 Å². The van der Waals surface area contributed by atoms with Gasteiger partial charge in [0, 0.05) is 61.1 Å². The van der Waals surface area contributed by atoms with Crippen LogP contribution >= 0.6 is 0 Å². The van der Waals surface area contributed by atoms with E-state index in [1.165, 1.54) is 11.1 Å². The fraction of sp³-hybridized carbons (Fsp3) is 0.237. The molecule has 0 spiro atoms. The van der Waals surface area contributed by atoms with Crippen LogP contribution in [0.3, 0.4) is 0 Å². The molecule has 45 heavy (non-hydrogen) atoms. The number of pyridine rings is 1. The molecule has 0 saturated carbocycles. The number of rotatable bonds is 8. The standard InChI is InChI=1S/C38H38N6O/c1-28-34(29-17-18-35-33(25-29)36(19-20-40-35)43-23-21-42(22-24-43)27-37(39)45)26-44(41-28)38(30-11-5-2-6-12-30,31-13-7-3-8-14-31)32-15-9-4-10-16-32/h2-15,17-20,25-26,32H,16,21-24,27H2,1H3,(H2,39,45). The SMILES string of the molecule is Cc1nn(C(c2ccccc2)(c2ccccc2)C2C=CC=CC2)cc1-c1ccc2nccc(N3CCN(CC(N)=O)CC3)c2c1. The lowest BCUT2D eigenvalue weighted by Gasteiger charge is -2.41. The van der Waals surface area contributed by atoms with E-state index in [0.29, 0.717) is 6.54 Å². The van der Waals surface area contributed by atoms with Crippen molar-refractivity contribution in [3.05, 3.63) is 138 Å². The van der Waals surface area contributed by atoms with Gasteiger partial charge < -0.3 is 10.6 Å². The Labute approximate surface area is 264 Å². The third-order valence-corrected chi connectivity index (χ3v) is 9.33. The number of amides is 1. The van der Waals surface area contributed by atoms with Crippen molar-refractivity contribution in [2.24, 2.45) is 11.7 Å². The van der Waals surface area contributed by atoms with Gasteiger partial charge in [-0.3, -0.25) is 19.4 Å². The molecule has 7 nitrogen and oxygen atoms in total. The summed E-state index contributed by atoms with van der Waals surface area (Å²) in [5, 5.41) is 6.42. The summed E-state index contributed by atoms with van der Waals surface area (Å²) in [5.41, 5.74) is 12.6. The molecule has 2 aromatic heterocycles. The molecule has 7 heteroatoms. The Morgan fingerprint density at radius 1 is 0.911 bits per heavy atom. The predicted molar refractivity (Wildman–Crippen MR) is 181 cm³/mol. The highest BCUT2D eigenvalue weighted by atomic mass is 16.1. The highest BCUT2D eigenvalue weighted by molar-refractivity contribution is 5.95. The number of benzene rings is 3. The smallest absolute Gasteiger partial charge is 0.231 e. The first-order chi connectivity index (χ1) is 22.0. The predicted octanol–water partition coefficient (Wildman–Crippen LogP) is 5.94. The number of aromatic nitrogens is 3. The van der Waals surface area contributed by atoms with Gasteiger partial charge in [0.15, 0.2) is 0 Å². The van der Waals surface area contributed by atoms with Crippen molar-refractivity contribution in [1.82, 2.24) is 19.7 Å². The number of aryl methyl sites for hydroxylation is 1. The number of nitrogens with two attached hydrogens (primary N) is 1. The van der Waals surface area contributed by atoms with E-state index in [1.54, 1.807) is 0 Å². The summed E-state index contributed by atoms with van der Waals surface area (Å²) in [6, 6.07) is 30.2. The minimum absolute atomic E-state index is 0.167. The molecule has 1 amide bonds. The highest BCUT2D eigenvalue weighted by Gasteiger charge is 2.44. The lowest BCUT2D eigenvalue weighted by Crippen LogP contribution is -2.48. The molecule has 1 aliphatic carbocycles. The van der Waals surface area contributed by atoms with Gasteiger partial charge in [0.1, 0.15) is 5.54 Å². The number of piperazine rings is 1. The maximum atomic E-state index is 11.5. The molecule has 1 saturated heterocycles. The Bertz CT molecular complexity index is 1830. The van der Waals surface area contributed by atoms with Crippen LogP contribution in [0.4, 0.5) is 5.69 Å². The number of fused-ring (bicyclic) bond motifs is 1. The first-order valence-corrected chi connectivity index (χ1v) is 15.7. The van der Waals surface area contributed by atoms with Gasteiger partial charge in [-0.05, 0) is 48.2 Å². The van der Waals surface area contributed by atoms with E-state index in [9.17, 15) is 4.79 Å². The molecule has 0 bridgehead atoms. The second kappa shape index (κ2) is 12.2.